The number of para-hydroxylation sites is 1. The molecule has 0 aliphatic rings. The largest absolute Gasteiger partial charge is 0.490 e. The molecule has 0 bridgehead atoms. The Bertz CT molecular complexity index is 1780. The minimum Gasteiger partial charge on any atom is -0.490 e. The maximum absolute atomic E-state index is 13.5. The molecule has 0 fully saturated rings. The molecular formula is C27H19BrIN3O6. The zero-order chi connectivity index (χ0) is 26.8. The number of rotatable bonds is 8. The molecule has 0 aliphatic heterocycles. The summed E-state index contributed by atoms with van der Waals surface area (Å²) in [5.74, 6) is 0.237. The molecule has 3 aromatic carbocycles. The van der Waals surface area contributed by atoms with E-state index in [-0.39, 0.29) is 11.4 Å². The second kappa shape index (κ2) is 11.0. The van der Waals surface area contributed by atoms with Gasteiger partial charge in [0.15, 0.2) is 23.9 Å². The lowest BCUT2D eigenvalue weighted by atomic mass is 10.2. The smallest absolute Gasteiger partial charge is 0.341 e. The van der Waals surface area contributed by atoms with E-state index in [4.69, 9.17) is 24.0 Å². The maximum atomic E-state index is 13.5. The first-order chi connectivity index (χ1) is 18.3. The highest BCUT2D eigenvalue weighted by Gasteiger charge is 2.17. The van der Waals surface area contributed by atoms with Crippen LogP contribution in [0.2, 0.25) is 0 Å². The number of carboxylic acid groups (broad SMARTS) is 1. The van der Waals surface area contributed by atoms with Crippen LogP contribution in [0, 0.1) is 3.57 Å². The summed E-state index contributed by atoms with van der Waals surface area (Å²) in [5, 5.41) is 14.7. The van der Waals surface area contributed by atoms with Gasteiger partial charge in [-0.15, -0.1) is 0 Å². The molecular weight excluding hydrogens is 669 g/mol. The number of ether oxygens (including phenoxy) is 2. The molecule has 1 N–H and O–H groups in total. The standard InChI is InChI=1S/C27H19BrIN3O6/c1-2-36-22-10-15(9-19(29)25(22)37-14-24(33)34)13-30-32-26(31-20-6-4-3-5-18(20)27(32)35)23-12-16-11-17(28)7-8-21(16)38-23/h3-13H,2,14H2,1H3,(H,33,34). The fourth-order valence-corrected chi connectivity index (χ4v) is 5.00. The van der Waals surface area contributed by atoms with Gasteiger partial charge < -0.3 is 19.0 Å². The molecule has 192 valence electrons. The summed E-state index contributed by atoms with van der Waals surface area (Å²) < 4.78 is 19.9. The Labute approximate surface area is 238 Å². The lowest BCUT2D eigenvalue weighted by Crippen LogP contribution is -2.20. The number of fused-ring (bicyclic) bond motifs is 2. The molecule has 0 atom stereocenters. The van der Waals surface area contributed by atoms with Crippen molar-refractivity contribution >= 4 is 72.6 Å². The first kappa shape index (κ1) is 25.9. The van der Waals surface area contributed by atoms with Crippen LogP contribution in [0.15, 0.2) is 79.4 Å². The molecule has 5 rings (SSSR count). The number of halogens is 2. The van der Waals surface area contributed by atoms with Crippen LogP contribution in [-0.2, 0) is 4.79 Å². The van der Waals surface area contributed by atoms with Gasteiger partial charge in [0.25, 0.3) is 5.56 Å². The number of benzene rings is 3. The fraction of sp³-hybridized carbons (Fsp3) is 0.111. The highest BCUT2D eigenvalue weighted by molar-refractivity contribution is 14.1. The van der Waals surface area contributed by atoms with Crippen LogP contribution < -0.4 is 15.0 Å². The average Bonchev–Trinajstić information content (AvgIpc) is 3.30. The Balaban J connectivity index is 1.63. The van der Waals surface area contributed by atoms with Crippen molar-refractivity contribution in [3.8, 4) is 23.1 Å². The molecule has 5 aromatic rings. The molecule has 2 heterocycles. The zero-order valence-electron chi connectivity index (χ0n) is 19.9. The van der Waals surface area contributed by atoms with Gasteiger partial charge in [-0.05, 0) is 83.6 Å². The maximum Gasteiger partial charge on any atom is 0.341 e. The lowest BCUT2D eigenvalue weighted by molar-refractivity contribution is -0.139. The third-order valence-electron chi connectivity index (χ3n) is 5.45. The van der Waals surface area contributed by atoms with E-state index in [1.807, 2.05) is 59.8 Å². The van der Waals surface area contributed by atoms with Crippen molar-refractivity contribution < 1.29 is 23.8 Å². The molecule has 0 amide bonds. The highest BCUT2D eigenvalue weighted by Crippen LogP contribution is 2.34. The van der Waals surface area contributed by atoms with Crippen LogP contribution in [0.5, 0.6) is 11.5 Å². The van der Waals surface area contributed by atoms with Crippen LogP contribution in [0.1, 0.15) is 12.5 Å². The van der Waals surface area contributed by atoms with Gasteiger partial charge in [0.2, 0.25) is 5.82 Å². The summed E-state index contributed by atoms with van der Waals surface area (Å²) in [7, 11) is 0. The zero-order valence-corrected chi connectivity index (χ0v) is 23.6. The topological polar surface area (TPSA) is 116 Å². The number of hydrogen-bond donors (Lipinski definition) is 1. The number of nitrogens with zero attached hydrogens (tertiary/aromatic N) is 3. The summed E-state index contributed by atoms with van der Waals surface area (Å²) in [5.41, 5.74) is 1.42. The molecule has 11 heteroatoms. The molecule has 38 heavy (non-hydrogen) atoms. The Hall–Kier alpha value is -3.71. The third kappa shape index (κ3) is 5.29. The number of carboxylic acids is 1. The number of aliphatic carboxylic acids is 1. The van der Waals surface area contributed by atoms with Crippen molar-refractivity contribution in [1.29, 1.82) is 0 Å². The van der Waals surface area contributed by atoms with Crippen molar-refractivity contribution in [2.45, 2.75) is 6.92 Å². The molecule has 0 saturated carbocycles. The van der Waals surface area contributed by atoms with E-state index in [1.54, 1.807) is 30.3 Å². The van der Waals surface area contributed by atoms with Gasteiger partial charge in [0.05, 0.1) is 27.3 Å². The van der Waals surface area contributed by atoms with E-state index in [0.717, 1.165) is 9.86 Å². The van der Waals surface area contributed by atoms with Crippen molar-refractivity contribution in [3.63, 3.8) is 0 Å². The number of carbonyl (C=O) groups is 1. The van der Waals surface area contributed by atoms with Crippen LogP contribution in [0.25, 0.3) is 33.5 Å². The minimum absolute atomic E-state index is 0.249. The van der Waals surface area contributed by atoms with Gasteiger partial charge in [-0.1, -0.05) is 28.1 Å². The van der Waals surface area contributed by atoms with E-state index in [9.17, 15) is 9.59 Å². The quantitative estimate of drug-likeness (QED) is 0.159. The Morgan fingerprint density at radius 2 is 2.00 bits per heavy atom. The van der Waals surface area contributed by atoms with Crippen molar-refractivity contribution in [3.05, 3.63) is 84.6 Å². The monoisotopic (exact) mass is 687 g/mol. The number of aromatic nitrogens is 2. The van der Waals surface area contributed by atoms with E-state index < -0.39 is 12.6 Å². The Morgan fingerprint density at radius 3 is 2.79 bits per heavy atom. The van der Waals surface area contributed by atoms with Gasteiger partial charge in [0, 0.05) is 9.86 Å². The first-order valence-electron chi connectivity index (χ1n) is 11.4. The molecule has 0 saturated heterocycles. The summed E-state index contributed by atoms with van der Waals surface area (Å²) in [6, 6.07) is 17.9. The van der Waals surface area contributed by atoms with Crippen molar-refractivity contribution in [2.24, 2.45) is 5.10 Å². The Morgan fingerprint density at radius 1 is 1.18 bits per heavy atom. The summed E-state index contributed by atoms with van der Waals surface area (Å²) >= 11 is 5.50. The van der Waals surface area contributed by atoms with Gasteiger partial charge in [-0.3, -0.25) is 4.79 Å². The fourth-order valence-electron chi connectivity index (χ4n) is 3.84. The SMILES string of the molecule is CCOc1cc(C=Nn2c(-c3cc4cc(Br)ccc4o3)nc3ccccc3c2=O)cc(I)c1OCC(=O)O. The van der Waals surface area contributed by atoms with Crippen LogP contribution in [0.4, 0.5) is 0 Å². The molecule has 9 nitrogen and oxygen atoms in total. The predicted octanol–water partition coefficient (Wildman–Crippen LogP) is 5.92. The second-order valence-corrected chi connectivity index (χ2v) is 10.1. The Kier molecular flexibility index (Phi) is 7.47. The first-order valence-corrected chi connectivity index (χ1v) is 13.3. The normalized spacial score (nSPS) is 11.4. The van der Waals surface area contributed by atoms with E-state index >= 15 is 0 Å². The van der Waals surface area contributed by atoms with Crippen molar-refractivity contribution in [1.82, 2.24) is 9.66 Å². The van der Waals surface area contributed by atoms with Gasteiger partial charge in [-0.2, -0.15) is 9.78 Å². The van der Waals surface area contributed by atoms with Gasteiger partial charge >= 0.3 is 5.97 Å². The molecule has 0 aliphatic carbocycles. The number of hydrogen-bond acceptors (Lipinski definition) is 7. The van der Waals surface area contributed by atoms with Crippen LogP contribution in [0.3, 0.4) is 0 Å². The van der Waals surface area contributed by atoms with Gasteiger partial charge in [-0.25, -0.2) is 9.78 Å². The van der Waals surface area contributed by atoms with E-state index in [1.165, 1.54) is 10.9 Å². The highest BCUT2D eigenvalue weighted by atomic mass is 127. The molecule has 0 radical (unpaired) electrons. The molecule has 0 unspecified atom stereocenters. The second-order valence-electron chi connectivity index (χ2n) is 8.05. The van der Waals surface area contributed by atoms with E-state index in [2.05, 4.69) is 21.0 Å². The van der Waals surface area contributed by atoms with Crippen molar-refractivity contribution in [2.75, 3.05) is 13.2 Å². The van der Waals surface area contributed by atoms with Crippen LogP contribution in [-0.4, -0.2) is 40.2 Å². The van der Waals surface area contributed by atoms with Gasteiger partial charge in [0.1, 0.15) is 5.58 Å². The number of furan rings is 1. The lowest BCUT2D eigenvalue weighted by Gasteiger charge is -2.13. The predicted molar refractivity (Wildman–Crippen MR) is 155 cm³/mol. The average molecular weight is 688 g/mol. The van der Waals surface area contributed by atoms with Crippen LogP contribution >= 0.6 is 38.5 Å². The summed E-state index contributed by atoms with van der Waals surface area (Å²) in [4.78, 5) is 29.2. The molecule has 2 aromatic heterocycles. The molecule has 0 spiro atoms. The van der Waals surface area contributed by atoms with E-state index in [0.29, 0.717) is 49.5 Å². The third-order valence-corrected chi connectivity index (χ3v) is 6.74. The summed E-state index contributed by atoms with van der Waals surface area (Å²) in [6.45, 7) is 1.66. The minimum atomic E-state index is -1.09. The summed E-state index contributed by atoms with van der Waals surface area (Å²) in [6.07, 6.45) is 1.51.